The number of aromatic nitrogens is 4. The summed E-state index contributed by atoms with van der Waals surface area (Å²) in [5.74, 6) is 0.948. The molecule has 3 N–H and O–H groups in total. The highest BCUT2D eigenvalue weighted by Gasteiger charge is 2.30. The maximum absolute atomic E-state index is 13.3. The summed E-state index contributed by atoms with van der Waals surface area (Å²) in [6.45, 7) is 5.33. The van der Waals surface area contributed by atoms with Gasteiger partial charge in [-0.05, 0) is 74.8 Å². The minimum Gasteiger partial charge on any atom is -0.341 e. The van der Waals surface area contributed by atoms with E-state index in [0.717, 1.165) is 41.0 Å². The van der Waals surface area contributed by atoms with E-state index in [1.54, 1.807) is 17.3 Å². The number of aromatic amines is 2. The predicted molar refractivity (Wildman–Crippen MR) is 171 cm³/mol. The Morgan fingerprint density at radius 2 is 1.65 bits per heavy atom. The van der Waals surface area contributed by atoms with Crippen molar-refractivity contribution in [3.05, 3.63) is 83.7 Å². The normalized spacial score (nSPS) is 19.7. The molecular formula is C35H47N7O. The Hall–Kier alpha value is -3.49. The first-order valence-electron chi connectivity index (χ1n) is 16.5. The Kier molecular flexibility index (Phi) is 9.85. The summed E-state index contributed by atoms with van der Waals surface area (Å²) < 4.78 is 0. The first-order valence-corrected chi connectivity index (χ1v) is 16.5. The van der Waals surface area contributed by atoms with Gasteiger partial charge in [-0.15, -0.1) is 0 Å². The molecule has 0 atom stereocenters. The van der Waals surface area contributed by atoms with Crippen molar-refractivity contribution in [1.82, 2.24) is 35.1 Å². The van der Waals surface area contributed by atoms with Gasteiger partial charge in [0.15, 0.2) is 5.82 Å². The molecule has 2 aliphatic rings. The molecule has 4 aromatic rings. The monoisotopic (exact) mass is 581 g/mol. The maximum atomic E-state index is 13.3. The Morgan fingerprint density at radius 3 is 2.37 bits per heavy atom. The van der Waals surface area contributed by atoms with Crippen LogP contribution in [0.25, 0.3) is 11.0 Å². The molecular weight excluding hydrogens is 534 g/mol. The number of nitrogens with zero attached hydrogens (tertiary/aromatic N) is 4. The summed E-state index contributed by atoms with van der Waals surface area (Å²) in [6, 6.07) is 18.8. The third-order valence-electron chi connectivity index (χ3n) is 9.45. The van der Waals surface area contributed by atoms with Gasteiger partial charge in [0.2, 0.25) is 0 Å². The number of fused-ring (bicyclic) bond motifs is 1. The van der Waals surface area contributed by atoms with Crippen LogP contribution < -0.4 is 5.32 Å². The molecule has 0 bridgehead atoms. The zero-order valence-corrected chi connectivity index (χ0v) is 25.6. The standard InChI is InChI=1S/C35H47N7O/c1-2-22-42(29-8-4-3-5-9-29)30-18-16-28(17-19-30)38-23-26-12-14-27(15-13-26)24-41(35(43)34-36-20-21-37-34)25-33-39-31-10-6-7-11-32(31)40-33/h6-7,10-15,20-21,28-30,38H,2-5,8-9,16-19,22-25H2,1H3,(H,36,37)(H,39,40)/t28-,30-. The number of amides is 1. The third kappa shape index (κ3) is 7.54. The molecule has 228 valence electrons. The fraction of sp³-hybridized carbons (Fsp3) is 0.514. The van der Waals surface area contributed by atoms with Gasteiger partial charge in [0.05, 0.1) is 17.6 Å². The summed E-state index contributed by atoms with van der Waals surface area (Å²) in [5.41, 5.74) is 4.23. The molecule has 2 aliphatic carbocycles. The van der Waals surface area contributed by atoms with E-state index < -0.39 is 0 Å². The average Bonchev–Trinajstić information content (AvgIpc) is 3.74. The van der Waals surface area contributed by atoms with Crippen molar-refractivity contribution in [2.45, 2.75) is 109 Å². The van der Waals surface area contributed by atoms with Crippen LogP contribution in [-0.4, -0.2) is 60.3 Å². The second-order valence-corrected chi connectivity index (χ2v) is 12.5. The summed E-state index contributed by atoms with van der Waals surface area (Å²) in [6.07, 6.45) is 16.8. The lowest BCUT2D eigenvalue weighted by Crippen LogP contribution is -2.48. The number of imidazole rings is 2. The second-order valence-electron chi connectivity index (χ2n) is 12.5. The lowest BCUT2D eigenvalue weighted by molar-refractivity contribution is 0.0714. The van der Waals surface area contributed by atoms with E-state index in [1.807, 2.05) is 24.3 Å². The first-order chi connectivity index (χ1) is 21.2. The van der Waals surface area contributed by atoms with Crippen LogP contribution in [0.3, 0.4) is 0 Å². The first kappa shape index (κ1) is 29.6. The molecule has 2 saturated carbocycles. The molecule has 0 spiro atoms. The van der Waals surface area contributed by atoms with Gasteiger partial charge in [-0.3, -0.25) is 9.69 Å². The highest BCUT2D eigenvalue weighted by Crippen LogP contribution is 2.30. The summed E-state index contributed by atoms with van der Waals surface area (Å²) >= 11 is 0. The van der Waals surface area contributed by atoms with Gasteiger partial charge in [0, 0.05) is 43.6 Å². The van der Waals surface area contributed by atoms with Crippen LogP contribution in [-0.2, 0) is 19.6 Å². The number of hydrogen-bond donors (Lipinski definition) is 3. The zero-order chi connectivity index (χ0) is 29.4. The average molecular weight is 582 g/mol. The van der Waals surface area contributed by atoms with Gasteiger partial charge in [0.1, 0.15) is 5.82 Å². The van der Waals surface area contributed by atoms with Gasteiger partial charge < -0.3 is 20.2 Å². The van der Waals surface area contributed by atoms with Crippen LogP contribution in [0.5, 0.6) is 0 Å². The largest absolute Gasteiger partial charge is 0.341 e. The summed E-state index contributed by atoms with van der Waals surface area (Å²) in [4.78, 5) is 33.2. The molecule has 8 heteroatoms. The summed E-state index contributed by atoms with van der Waals surface area (Å²) in [7, 11) is 0. The topological polar surface area (TPSA) is 92.9 Å². The Morgan fingerprint density at radius 1 is 0.907 bits per heavy atom. The predicted octanol–water partition coefficient (Wildman–Crippen LogP) is 6.57. The van der Waals surface area contributed by atoms with Crippen molar-refractivity contribution in [3.8, 4) is 0 Å². The van der Waals surface area contributed by atoms with Crippen LogP contribution in [0.2, 0.25) is 0 Å². The van der Waals surface area contributed by atoms with Gasteiger partial charge in [0.25, 0.3) is 5.91 Å². The van der Waals surface area contributed by atoms with Crippen LogP contribution in [0.4, 0.5) is 0 Å². The number of hydrogen-bond acceptors (Lipinski definition) is 5. The molecule has 2 heterocycles. The van der Waals surface area contributed by atoms with Gasteiger partial charge in [-0.1, -0.05) is 62.6 Å². The maximum Gasteiger partial charge on any atom is 0.290 e. The molecule has 2 fully saturated rings. The highest BCUT2D eigenvalue weighted by atomic mass is 16.2. The minimum absolute atomic E-state index is 0.146. The Balaban J connectivity index is 1.03. The third-order valence-corrected chi connectivity index (χ3v) is 9.45. The van der Waals surface area contributed by atoms with E-state index >= 15 is 0 Å². The van der Waals surface area contributed by atoms with Gasteiger partial charge in [-0.25, -0.2) is 9.97 Å². The van der Waals surface area contributed by atoms with E-state index in [1.165, 1.54) is 76.3 Å². The van der Waals surface area contributed by atoms with Crippen molar-refractivity contribution in [1.29, 1.82) is 0 Å². The number of carbonyl (C=O) groups is 1. The van der Waals surface area contributed by atoms with Crippen LogP contribution in [0.15, 0.2) is 60.9 Å². The number of para-hydroxylation sites is 2. The molecule has 8 nitrogen and oxygen atoms in total. The van der Waals surface area contributed by atoms with Crippen molar-refractivity contribution in [2.24, 2.45) is 0 Å². The van der Waals surface area contributed by atoms with E-state index in [-0.39, 0.29) is 5.91 Å². The smallest absolute Gasteiger partial charge is 0.290 e. The van der Waals surface area contributed by atoms with E-state index in [2.05, 4.69) is 56.4 Å². The number of benzene rings is 2. The Labute approximate surface area is 255 Å². The number of H-pyrrole nitrogens is 2. The van der Waals surface area contributed by atoms with E-state index in [9.17, 15) is 4.79 Å². The second kappa shape index (κ2) is 14.3. The fourth-order valence-corrected chi connectivity index (χ4v) is 7.18. The number of nitrogens with one attached hydrogen (secondary N) is 3. The SMILES string of the molecule is CCCN(C1CCCCC1)[C@H]1CC[C@H](NCc2ccc(CN(Cc3nc4ccccc4[nH]3)C(=O)c3ncc[nH]3)cc2)CC1. The molecule has 2 aromatic carbocycles. The molecule has 0 radical (unpaired) electrons. The fourth-order valence-electron chi connectivity index (χ4n) is 7.18. The lowest BCUT2D eigenvalue weighted by atomic mass is 9.86. The van der Waals surface area contributed by atoms with Crippen LogP contribution >= 0.6 is 0 Å². The zero-order valence-electron chi connectivity index (χ0n) is 25.6. The molecule has 6 rings (SSSR count). The number of carbonyl (C=O) groups excluding carboxylic acids is 1. The summed E-state index contributed by atoms with van der Waals surface area (Å²) in [5, 5.41) is 3.84. The van der Waals surface area contributed by atoms with Crippen molar-refractivity contribution in [3.63, 3.8) is 0 Å². The quantitative estimate of drug-likeness (QED) is 0.176. The van der Waals surface area contributed by atoms with E-state index in [0.29, 0.717) is 25.0 Å². The van der Waals surface area contributed by atoms with Gasteiger partial charge >= 0.3 is 0 Å². The molecule has 0 aliphatic heterocycles. The molecule has 1 amide bonds. The number of rotatable bonds is 12. The van der Waals surface area contributed by atoms with Gasteiger partial charge in [-0.2, -0.15) is 0 Å². The molecule has 0 unspecified atom stereocenters. The van der Waals surface area contributed by atoms with E-state index in [4.69, 9.17) is 4.98 Å². The van der Waals surface area contributed by atoms with Crippen LogP contribution in [0.1, 0.15) is 98.7 Å². The van der Waals surface area contributed by atoms with Crippen molar-refractivity contribution in [2.75, 3.05) is 6.54 Å². The van der Waals surface area contributed by atoms with Crippen LogP contribution in [0, 0.1) is 0 Å². The van der Waals surface area contributed by atoms with Crippen molar-refractivity contribution >= 4 is 16.9 Å². The Bertz CT molecular complexity index is 1380. The van der Waals surface area contributed by atoms with Crippen molar-refractivity contribution < 1.29 is 4.79 Å². The minimum atomic E-state index is -0.146. The molecule has 0 saturated heterocycles. The lowest BCUT2D eigenvalue weighted by Gasteiger charge is -2.43. The highest BCUT2D eigenvalue weighted by molar-refractivity contribution is 5.90. The molecule has 2 aromatic heterocycles. The molecule has 43 heavy (non-hydrogen) atoms.